The number of aryl methyl sites for hydroxylation is 1. The molecular weight excluding hydrogens is 477 g/mol. The van der Waals surface area contributed by atoms with Crippen molar-refractivity contribution in [3.63, 3.8) is 0 Å². The van der Waals surface area contributed by atoms with Gasteiger partial charge >= 0.3 is 0 Å². The first-order valence-corrected chi connectivity index (χ1v) is 11.8. The molecule has 0 fully saturated rings. The fourth-order valence-corrected chi connectivity index (χ4v) is 4.48. The molecule has 3 aromatic carbocycles. The number of carbonyl (C=O) groups excluding carboxylic acids is 1. The first-order chi connectivity index (χ1) is 15.7. The number of aromatic nitrogens is 2. The van der Waals surface area contributed by atoms with Gasteiger partial charge in [0.25, 0.3) is 0 Å². The molecule has 0 aliphatic carbocycles. The minimum absolute atomic E-state index is 0.0829. The van der Waals surface area contributed by atoms with Gasteiger partial charge in [0.05, 0.1) is 11.0 Å². The molecule has 0 atom stereocenters. The van der Waals surface area contributed by atoms with Crippen molar-refractivity contribution < 1.29 is 4.79 Å². The van der Waals surface area contributed by atoms with E-state index in [1.54, 1.807) is 24.3 Å². The summed E-state index contributed by atoms with van der Waals surface area (Å²) in [4.78, 5) is 17.9. The van der Waals surface area contributed by atoms with Crippen molar-refractivity contribution in [2.75, 3.05) is 5.32 Å². The Hall–Kier alpha value is -2.53. The smallest absolute Gasteiger partial charge is 0.244 e. The minimum Gasteiger partial charge on any atom is -0.324 e. The average Bonchev–Trinajstić information content (AvgIpc) is 3.08. The second-order valence-electron chi connectivity index (χ2n) is 8.40. The summed E-state index contributed by atoms with van der Waals surface area (Å²) in [6.45, 7) is 6.32. The quantitative estimate of drug-likeness (QED) is 0.295. The van der Waals surface area contributed by atoms with Crippen LogP contribution < -0.4 is 5.32 Å². The topological polar surface area (TPSA) is 46.9 Å². The summed E-state index contributed by atoms with van der Waals surface area (Å²) in [7, 11) is 0. The average molecular weight is 501 g/mol. The Kier molecular flexibility index (Phi) is 6.99. The van der Waals surface area contributed by atoms with Gasteiger partial charge in [0.1, 0.15) is 12.4 Å². The fourth-order valence-electron chi connectivity index (χ4n) is 3.78. The third-order valence-corrected chi connectivity index (χ3v) is 6.63. The van der Waals surface area contributed by atoms with E-state index in [2.05, 4.69) is 25.2 Å². The predicted octanol–water partition coefficient (Wildman–Crippen LogP) is 7.66. The van der Waals surface area contributed by atoms with Gasteiger partial charge in [-0.15, -0.1) is 0 Å². The number of benzene rings is 3. The summed E-state index contributed by atoms with van der Waals surface area (Å²) < 4.78 is 1.87. The van der Waals surface area contributed by atoms with E-state index in [4.69, 9.17) is 39.8 Å². The van der Waals surface area contributed by atoms with Gasteiger partial charge in [-0.1, -0.05) is 66.8 Å². The van der Waals surface area contributed by atoms with Crippen LogP contribution in [0.3, 0.4) is 0 Å². The molecule has 1 heterocycles. The zero-order chi connectivity index (χ0) is 23.7. The van der Waals surface area contributed by atoms with E-state index in [0.717, 1.165) is 27.8 Å². The Morgan fingerprint density at radius 1 is 1.03 bits per heavy atom. The SMILES string of the molecule is Cc1ccc(C(C)C)cc1NC(=O)Cn1c(Cc2c(Cl)cccc2Cl)nc2ccc(Cl)cc21. The van der Waals surface area contributed by atoms with Gasteiger partial charge in [-0.05, 0) is 65.9 Å². The molecule has 0 spiro atoms. The van der Waals surface area contributed by atoms with Gasteiger partial charge < -0.3 is 9.88 Å². The highest BCUT2D eigenvalue weighted by Gasteiger charge is 2.18. The van der Waals surface area contributed by atoms with Crippen molar-refractivity contribution in [2.45, 2.75) is 39.7 Å². The van der Waals surface area contributed by atoms with Crippen molar-refractivity contribution in [1.29, 1.82) is 0 Å². The number of imidazole rings is 1. The standard InChI is InChI=1S/C26H24Cl3N3O/c1-15(2)17-8-7-16(3)23(11-17)31-26(33)14-32-24-12-18(27)9-10-22(24)30-25(32)13-19-20(28)5-4-6-21(19)29/h4-12,15H,13-14H2,1-3H3,(H,31,33). The van der Waals surface area contributed by atoms with Crippen LogP contribution in [0.5, 0.6) is 0 Å². The predicted molar refractivity (Wildman–Crippen MR) is 138 cm³/mol. The number of fused-ring (bicyclic) bond motifs is 1. The lowest BCUT2D eigenvalue weighted by molar-refractivity contribution is -0.116. The lowest BCUT2D eigenvalue weighted by Gasteiger charge is -2.14. The number of anilines is 1. The van der Waals surface area contributed by atoms with Crippen molar-refractivity contribution in [1.82, 2.24) is 9.55 Å². The van der Waals surface area contributed by atoms with Gasteiger partial charge in [0, 0.05) is 27.2 Å². The fraction of sp³-hybridized carbons (Fsp3) is 0.231. The van der Waals surface area contributed by atoms with E-state index >= 15 is 0 Å². The molecule has 0 unspecified atom stereocenters. The molecule has 0 aliphatic rings. The van der Waals surface area contributed by atoms with E-state index in [0.29, 0.717) is 33.2 Å². The number of carbonyl (C=O) groups is 1. The molecule has 0 saturated carbocycles. The van der Waals surface area contributed by atoms with Crippen molar-refractivity contribution in [2.24, 2.45) is 0 Å². The van der Waals surface area contributed by atoms with Crippen molar-refractivity contribution >= 4 is 57.4 Å². The Morgan fingerprint density at radius 3 is 2.45 bits per heavy atom. The van der Waals surface area contributed by atoms with Gasteiger partial charge in [-0.2, -0.15) is 0 Å². The largest absolute Gasteiger partial charge is 0.324 e. The highest BCUT2D eigenvalue weighted by Crippen LogP contribution is 2.29. The Labute approximate surface area is 208 Å². The van der Waals surface area contributed by atoms with Crippen molar-refractivity contribution in [3.05, 3.63) is 92.2 Å². The Balaban J connectivity index is 1.69. The molecule has 4 nitrogen and oxygen atoms in total. The maximum Gasteiger partial charge on any atom is 0.244 e. The van der Waals surface area contributed by atoms with E-state index < -0.39 is 0 Å². The summed E-state index contributed by atoms with van der Waals surface area (Å²) >= 11 is 19.1. The molecule has 1 N–H and O–H groups in total. The molecule has 1 amide bonds. The Morgan fingerprint density at radius 2 is 1.76 bits per heavy atom. The van der Waals surface area contributed by atoms with E-state index in [9.17, 15) is 4.79 Å². The van der Waals surface area contributed by atoms with Crippen LogP contribution in [-0.4, -0.2) is 15.5 Å². The summed E-state index contributed by atoms with van der Waals surface area (Å²) in [5.41, 5.74) is 5.29. The zero-order valence-corrected chi connectivity index (χ0v) is 20.9. The lowest BCUT2D eigenvalue weighted by atomic mass is 10.0. The number of nitrogens with zero attached hydrogens (tertiary/aromatic N) is 2. The molecule has 170 valence electrons. The van der Waals surface area contributed by atoms with Crippen LogP contribution >= 0.6 is 34.8 Å². The molecule has 0 saturated heterocycles. The maximum absolute atomic E-state index is 13.1. The van der Waals surface area contributed by atoms with E-state index in [-0.39, 0.29) is 12.5 Å². The molecule has 0 radical (unpaired) electrons. The highest BCUT2D eigenvalue weighted by atomic mass is 35.5. The first kappa shape index (κ1) is 23.6. The van der Waals surface area contributed by atoms with Crippen LogP contribution in [-0.2, 0) is 17.8 Å². The summed E-state index contributed by atoms with van der Waals surface area (Å²) in [5, 5.41) is 4.76. The van der Waals surface area contributed by atoms with Crippen LogP contribution in [0.4, 0.5) is 5.69 Å². The maximum atomic E-state index is 13.1. The highest BCUT2D eigenvalue weighted by molar-refractivity contribution is 6.36. The molecule has 0 bridgehead atoms. The molecule has 1 aromatic heterocycles. The number of hydrogen-bond donors (Lipinski definition) is 1. The molecule has 0 aliphatic heterocycles. The van der Waals surface area contributed by atoms with Crippen LogP contribution in [0, 0.1) is 6.92 Å². The number of nitrogens with one attached hydrogen (secondary N) is 1. The second-order valence-corrected chi connectivity index (χ2v) is 9.65. The second kappa shape index (κ2) is 9.76. The Bertz CT molecular complexity index is 1320. The molecule has 7 heteroatoms. The summed E-state index contributed by atoms with van der Waals surface area (Å²) in [6.07, 6.45) is 0.389. The van der Waals surface area contributed by atoms with Crippen molar-refractivity contribution in [3.8, 4) is 0 Å². The van der Waals surface area contributed by atoms with Gasteiger partial charge in [0.15, 0.2) is 0 Å². The van der Waals surface area contributed by atoms with Crippen LogP contribution in [0.25, 0.3) is 11.0 Å². The molecule has 4 rings (SSSR count). The number of amides is 1. The lowest BCUT2D eigenvalue weighted by Crippen LogP contribution is -2.21. The zero-order valence-electron chi connectivity index (χ0n) is 18.6. The van der Waals surface area contributed by atoms with Gasteiger partial charge in [-0.3, -0.25) is 4.79 Å². The monoisotopic (exact) mass is 499 g/mol. The minimum atomic E-state index is -0.148. The van der Waals surface area contributed by atoms with Gasteiger partial charge in [0.2, 0.25) is 5.91 Å². The third kappa shape index (κ3) is 5.19. The third-order valence-electron chi connectivity index (χ3n) is 5.69. The molecule has 4 aromatic rings. The van der Waals surface area contributed by atoms with Crippen LogP contribution in [0.15, 0.2) is 54.6 Å². The van der Waals surface area contributed by atoms with Crippen LogP contribution in [0.2, 0.25) is 15.1 Å². The van der Waals surface area contributed by atoms with E-state index in [1.807, 2.05) is 35.8 Å². The number of hydrogen-bond acceptors (Lipinski definition) is 2. The summed E-state index contributed by atoms with van der Waals surface area (Å²) in [6, 6.07) is 17.0. The summed E-state index contributed by atoms with van der Waals surface area (Å²) in [5.74, 6) is 0.905. The number of halogens is 3. The normalized spacial score (nSPS) is 11.4. The molecule has 33 heavy (non-hydrogen) atoms. The van der Waals surface area contributed by atoms with Crippen LogP contribution in [0.1, 0.15) is 42.3 Å². The molecular formula is C26H24Cl3N3O. The number of rotatable bonds is 6. The van der Waals surface area contributed by atoms with Gasteiger partial charge in [-0.25, -0.2) is 4.98 Å². The van der Waals surface area contributed by atoms with E-state index in [1.165, 1.54) is 5.56 Å². The first-order valence-electron chi connectivity index (χ1n) is 10.7.